The standard InChI is InChI=1S/C46H84NO8P/c1-6-8-10-12-14-16-18-20-22-23-25-27-29-31-33-35-37-39-46(49)55-44(43-54-56(50,51)53-41-40-47(3,4)5)42-52-45(48)38-36-34-32-30-28-26-24-21-19-17-15-13-11-9-7-2/h7,20,22,25,27,31,33,44H,2,6,8-19,21,23-24,26,28-30,32,34-43H2,1,3-5H3/p+1/b22-20+,27-25+,33-31+/t44-/m1/s1. The van der Waals surface area contributed by atoms with Crippen LogP contribution < -0.4 is 0 Å². The summed E-state index contributed by atoms with van der Waals surface area (Å²) in [6.45, 7) is 5.88. The van der Waals surface area contributed by atoms with Gasteiger partial charge in [-0.3, -0.25) is 18.6 Å². The first-order valence-electron chi connectivity index (χ1n) is 22.3. The zero-order valence-electron chi connectivity index (χ0n) is 36.4. The minimum atomic E-state index is -4.39. The fraction of sp³-hybridized carbons (Fsp3) is 0.783. The van der Waals surface area contributed by atoms with Gasteiger partial charge >= 0.3 is 19.8 Å². The predicted molar refractivity (Wildman–Crippen MR) is 233 cm³/mol. The number of quaternary nitrogens is 1. The average Bonchev–Trinajstić information content (AvgIpc) is 3.15. The van der Waals surface area contributed by atoms with E-state index in [1.165, 1.54) is 103 Å². The van der Waals surface area contributed by atoms with Gasteiger partial charge in [-0.25, -0.2) is 4.57 Å². The summed E-state index contributed by atoms with van der Waals surface area (Å²) < 4.78 is 34.2. The molecule has 0 radical (unpaired) electrons. The SMILES string of the molecule is C=CCCCCCCCCCCCCCCCC(=O)OC[C@H](COP(=O)(O)OCC[N+](C)(C)C)OC(=O)CCC/C=C/C/C=C/C/C=C/CCCCCCCC. The summed E-state index contributed by atoms with van der Waals surface area (Å²) in [4.78, 5) is 35.3. The molecule has 0 aromatic heterocycles. The van der Waals surface area contributed by atoms with Crippen molar-refractivity contribution in [3.05, 3.63) is 49.1 Å². The van der Waals surface area contributed by atoms with E-state index in [0.717, 1.165) is 51.4 Å². The van der Waals surface area contributed by atoms with Crippen molar-refractivity contribution in [3.63, 3.8) is 0 Å². The molecular formula is C46H85NO8P+. The number of carbonyl (C=O) groups excluding carboxylic acids is 2. The molecule has 56 heavy (non-hydrogen) atoms. The van der Waals surface area contributed by atoms with E-state index in [4.69, 9.17) is 18.5 Å². The van der Waals surface area contributed by atoms with E-state index in [1.807, 2.05) is 27.2 Å². The Morgan fingerprint density at radius 3 is 1.61 bits per heavy atom. The van der Waals surface area contributed by atoms with Crippen LogP contribution in [0.15, 0.2) is 49.1 Å². The molecular weight excluding hydrogens is 725 g/mol. The fourth-order valence-electron chi connectivity index (χ4n) is 5.95. The Labute approximate surface area is 343 Å². The van der Waals surface area contributed by atoms with Gasteiger partial charge in [-0.1, -0.05) is 152 Å². The maximum atomic E-state index is 12.7. The molecule has 0 amide bonds. The lowest BCUT2D eigenvalue weighted by Crippen LogP contribution is -2.37. The quantitative estimate of drug-likeness (QED) is 0.0214. The number of esters is 2. The third kappa shape index (κ3) is 41.6. The number of hydrogen-bond donors (Lipinski definition) is 1. The first-order chi connectivity index (χ1) is 27.0. The maximum Gasteiger partial charge on any atom is 0.472 e. The maximum absolute atomic E-state index is 12.7. The molecule has 326 valence electrons. The average molecular weight is 811 g/mol. The van der Waals surface area contributed by atoms with Crippen LogP contribution >= 0.6 is 7.82 Å². The molecule has 9 nitrogen and oxygen atoms in total. The van der Waals surface area contributed by atoms with E-state index in [9.17, 15) is 19.0 Å². The van der Waals surface area contributed by atoms with Gasteiger partial charge in [0, 0.05) is 12.8 Å². The number of hydrogen-bond acceptors (Lipinski definition) is 7. The Kier molecular flexibility index (Phi) is 37.1. The molecule has 10 heteroatoms. The zero-order chi connectivity index (χ0) is 41.4. The van der Waals surface area contributed by atoms with Gasteiger partial charge in [-0.05, 0) is 57.8 Å². The molecule has 1 unspecified atom stereocenters. The molecule has 0 aliphatic carbocycles. The van der Waals surface area contributed by atoms with Crippen LogP contribution in [-0.4, -0.2) is 74.9 Å². The van der Waals surface area contributed by atoms with Gasteiger partial charge < -0.3 is 18.9 Å². The smallest absolute Gasteiger partial charge is 0.462 e. The van der Waals surface area contributed by atoms with Crippen molar-refractivity contribution in [1.82, 2.24) is 0 Å². The molecule has 0 aromatic carbocycles. The van der Waals surface area contributed by atoms with Crippen LogP contribution in [0.3, 0.4) is 0 Å². The molecule has 0 aliphatic rings. The zero-order valence-corrected chi connectivity index (χ0v) is 37.3. The van der Waals surface area contributed by atoms with Crippen LogP contribution in [0.25, 0.3) is 0 Å². The van der Waals surface area contributed by atoms with E-state index < -0.39 is 26.5 Å². The van der Waals surface area contributed by atoms with E-state index in [2.05, 4.69) is 50.0 Å². The monoisotopic (exact) mass is 811 g/mol. The number of allylic oxidation sites excluding steroid dienone is 7. The highest BCUT2D eigenvalue weighted by Gasteiger charge is 2.27. The van der Waals surface area contributed by atoms with E-state index >= 15 is 0 Å². The van der Waals surface area contributed by atoms with Crippen LogP contribution in [0.5, 0.6) is 0 Å². The fourth-order valence-corrected chi connectivity index (χ4v) is 6.69. The summed E-state index contributed by atoms with van der Waals surface area (Å²) in [6.07, 6.45) is 43.4. The lowest BCUT2D eigenvalue weighted by atomic mass is 10.0. The van der Waals surface area contributed by atoms with Crippen LogP contribution in [0.1, 0.15) is 180 Å². The van der Waals surface area contributed by atoms with Crippen molar-refractivity contribution in [1.29, 1.82) is 0 Å². The number of ether oxygens (including phenoxy) is 2. The van der Waals surface area contributed by atoms with Gasteiger partial charge in [-0.2, -0.15) is 0 Å². The Bertz CT molecular complexity index is 1080. The largest absolute Gasteiger partial charge is 0.472 e. The van der Waals surface area contributed by atoms with Crippen molar-refractivity contribution in [2.45, 2.75) is 186 Å². The topological polar surface area (TPSA) is 108 Å². The number of nitrogens with zero attached hydrogens (tertiary/aromatic N) is 1. The third-order valence-electron chi connectivity index (χ3n) is 9.48. The summed E-state index contributed by atoms with van der Waals surface area (Å²) in [7, 11) is 1.44. The molecule has 0 saturated carbocycles. The van der Waals surface area contributed by atoms with Gasteiger partial charge in [0.1, 0.15) is 19.8 Å². The molecule has 0 fully saturated rings. The number of phosphoric ester groups is 1. The first kappa shape index (κ1) is 54.0. The second-order valence-corrected chi connectivity index (χ2v) is 17.6. The first-order valence-corrected chi connectivity index (χ1v) is 23.8. The molecule has 0 bridgehead atoms. The minimum Gasteiger partial charge on any atom is -0.462 e. The number of unbranched alkanes of at least 4 members (excludes halogenated alkanes) is 20. The molecule has 0 heterocycles. The van der Waals surface area contributed by atoms with Crippen molar-refractivity contribution in [3.8, 4) is 0 Å². The van der Waals surface area contributed by atoms with Crippen molar-refractivity contribution >= 4 is 19.8 Å². The van der Waals surface area contributed by atoms with Gasteiger partial charge in [0.05, 0.1) is 27.7 Å². The summed E-state index contributed by atoms with van der Waals surface area (Å²) in [5, 5.41) is 0. The van der Waals surface area contributed by atoms with Crippen LogP contribution in [0.2, 0.25) is 0 Å². The Hall–Kier alpha value is -2.03. The lowest BCUT2D eigenvalue weighted by molar-refractivity contribution is -0.870. The van der Waals surface area contributed by atoms with Crippen molar-refractivity contribution < 1.29 is 42.1 Å². The van der Waals surface area contributed by atoms with Gasteiger partial charge in [0.25, 0.3) is 0 Å². The van der Waals surface area contributed by atoms with Crippen molar-refractivity contribution in [2.75, 3.05) is 47.5 Å². The van der Waals surface area contributed by atoms with Gasteiger partial charge in [0.15, 0.2) is 6.10 Å². The highest BCUT2D eigenvalue weighted by atomic mass is 31.2. The summed E-state index contributed by atoms with van der Waals surface area (Å²) in [5.74, 6) is -0.862. The third-order valence-corrected chi connectivity index (χ3v) is 10.5. The number of rotatable bonds is 41. The van der Waals surface area contributed by atoms with Gasteiger partial charge in [0.2, 0.25) is 0 Å². The highest BCUT2D eigenvalue weighted by Crippen LogP contribution is 2.43. The molecule has 0 saturated heterocycles. The van der Waals surface area contributed by atoms with E-state index in [1.54, 1.807) is 0 Å². The Morgan fingerprint density at radius 1 is 0.607 bits per heavy atom. The summed E-state index contributed by atoms with van der Waals surface area (Å²) >= 11 is 0. The number of phosphoric acid groups is 1. The normalized spacial score (nSPS) is 13.8. The summed E-state index contributed by atoms with van der Waals surface area (Å²) in [6, 6.07) is 0. The second-order valence-electron chi connectivity index (χ2n) is 16.2. The lowest BCUT2D eigenvalue weighted by Gasteiger charge is -2.24. The van der Waals surface area contributed by atoms with Gasteiger partial charge in [-0.15, -0.1) is 6.58 Å². The number of carbonyl (C=O) groups is 2. The van der Waals surface area contributed by atoms with E-state index in [-0.39, 0.29) is 32.0 Å². The molecule has 0 aromatic rings. The van der Waals surface area contributed by atoms with Crippen LogP contribution in [0.4, 0.5) is 0 Å². The second kappa shape index (κ2) is 38.5. The molecule has 2 atom stereocenters. The van der Waals surface area contributed by atoms with Crippen LogP contribution in [-0.2, 0) is 32.7 Å². The predicted octanol–water partition coefficient (Wildman–Crippen LogP) is 12.7. The molecule has 0 spiro atoms. The minimum absolute atomic E-state index is 0.0212. The molecule has 1 N–H and O–H groups in total. The summed E-state index contributed by atoms with van der Waals surface area (Å²) in [5.41, 5.74) is 0. The van der Waals surface area contributed by atoms with Crippen LogP contribution in [0, 0.1) is 0 Å². The van der Waals surface area contributed by atoms with E-state index in [0.29, 0.717) is 17.4 Å². The highest BCUT2D eigenvalue weighted by molar-refractivity contribution is 7.47. The Morgan fingerprint density at radius 2 is 1.07 bits per heavy atom. The molecule has 0 aliphatic heterocycles. The molecule has 0 rings (SSSR count). The Balaban J connectivity index is 4.42. The number of likely N-dealkylation sites (N-methyl/N-ethyl adjacent to an activating group) is 1. The van der Waals surface area contributed by atoms with Crippen molar-refractivity contribution in [2.24, 2.45) is 0 Å².